The van der Waals surface area contributed by atoms with Crippen molar-refractivity contribution in [3.63, 3.8) is 0 Å². The van der Waals surface area contributed by atoms with Gasteiger partial charge in [-0.25, -0.2) is 0 Å². The Labute approximate surface area is 292 Å². The van der Waals surface area contributed by atoms with Gasteiger partial charge in [0.05, 0.1) is 0 Å². The molecule has 2 fully saturated rings. The minimum atomic E-state index is -1.71. The fourth-order valence-electron chi connectivity index (χ4n) is 9.14. The third-order valence-corrected chi connectivity index (χ3v) is 11.0. The van der Waals surface area contributed by atoms with Crippen molar-refractivity contribution in [2.45, 2.75) is 24.0 Å². The standard InChI is InChI=1S/C45H38N2O3/c48-41(46-37-27-15-5-16-28-37)43-39(31-32-40(43)45(50,35-23-11-3-12-24-35)36-25-13-4-14-26-36)44(33-19-7-1-8-20-33,34-21-9-2-10-22-34)47(42(43)49)38-29-17-6-18-30-38/h1-30,39-40,50H,31-32H2,(H,46,48). The molecule has 1 saturated heterocycles. The van der Waals surface area contributed by atoms with Crippen LogP contribution in [0.1, 0.15) is 35.1 Å². The number of para-hydroxylation sites is 2. The summed E-state index contributed by atoms with van der Waals surface area (Å²) in [6.07, 6.45) is 0.941. The number of carbonyl (C=O) groups is 2. The van der Waals surface area contributed by atoms with Gasteiger partial charge in [0.1, 0.15) is 16.6 Å². The zero-order valence-corrected chi connectivity index (χ0v) is 27.6. The van der Waals surface area contributed by atoms with E-state index in [4.69, 9.17) is 0 Å². The van der Waals surface area contributed by atoms with Gasteiger partial charge < -0.3 is 10.4 Å². The number of hydrogen-bond acceptors (Lipinski definition) is 3. The first kappa shape index (κ1) is 31.5. The Morgan fingerprint density at radius 3 is 1.50 bits per heavy atom. The zero-order chi connectivity index (χ0) is 34.2. The minimum Gasteiger partial charge on any atom is -0.380 e. The van der Waals surface area contributed by atoms with Crippen LogP contribution < -0.4 is 10.2 Å². The lowest BCUT2D eigenvalue weighted by Gasteiger charge is -2.44. The van der Waals surface area contributed by atoms with Gasteiger partial charge in [-0.05, 0) is 59.4 Å². The normalized spacial score (nSPS) is 21.1. The Morgan fingerprint density at radius 2 is 1.02 bits per heavy atom. The Balaban J connectivity index is 1.48. The number of carbonyl (C=O) groups excluding carboxylic acids is 2. The third kappa shape index (κ3) is 4.57. The monoisotopic (exact) mass is 654 g/mol. The van der Waals surface area contributed by atoms with Crippen molar-refractivity contribution >= 4 is 23.2 Å². The molecule has 50 heavy (non-hydrogen) atoms. The second kappa shape index (κ2) is 12.6. The Kier molecular flexibility index (Phi) is 7.93. The summed E-state index contributed by atoms with van der Waals surface area (Å²) >= 11 is 0. The maximum absolute atomic E-state index is 16.2. The highest BCUT2D eigenvalue weighted by Crippen LogP contribution is 2.69. The molecule has 1 heterocycles. The summed E-state index contributed by atoms with van der Waals surface area (Å²) in [6, 6.07) is 58.2. The summed E-state index contributed by atoms with van der Waals surface area (Å²) in [7, 11) is 0. The van der Waals surface area contributed by atoms with E-state index in [0.717, 1.165) is 11.1 Å². The van der Waals surface area contributed by atoms with Gasteiger partial charge in [0.25, 0.3) is 0 Å². The van der Waals surface area contributed by atoms with Crippen LogP contribution in [-0.4, -0.2) is 16.9 Å². The molecule has 2 aliphatic rings. The van der Waals surface area contributed by atoms with E-state index in [0.29, 0.717) is 35.3 Å². The van der Waals surface area contributed by atoms with E-state index in [1.165, 1.54) is 0 Å². The van der Waals surface area contributed by atoms with Crippen LogP contribution in [0.4, 0.5) is 11.4 Å². The van der Waals surface area contributed by atoms with Gasteiger partial charge in [0.15, 0.2) is 0 Å². The molecule has 0 aromatic heterocycles. The molecule has 6 aromatic rings. The second-order valence-electron chi connectivity index (χ2n) is 13.3. The number of nitrogens with zero attached hydrogens (tertiary/aromatic N) is 1. The van der Waals surface area contributed by atoms with Gasteiger partial charge in [0, 0.05) is 23.2 Å². The number of rotatable bonds is 8. The molecular weight excluding hydrogens is 617 g/mol. The van der Waals surface area contributed by atoms with Gasteiger partial charge in [-0.1, -0.05) is 158 Å². The number of nitrogens with one attached hydrogen (secondary N) is 1. The molecule has 0 radical (unpaired) electrons. The highest BCUT2D eigenvalue weighted by Gasteiger charge is 2.78. The molecule has 8 rings (SSSR count). The van der Waals surface area contributed by atoms with Gasteiger partial charge in [0.2, 0.25) is 11.8 Å². The molecule has 2 N–H and O–H groups in total. The van der Waals surface area contributed by atoms with Crippen LogP contribution in [0.3, 0.4) is 0 Å². The molecule has 3 atom stereocenters. The minimum absolute atomic E-state index is 0.331. The lowest BCUT2D eigenvalue weighted by molar-refractivity contribution is -0.148. The molecule has 0 spiro atoms. The van der Waals surface area contributed by atoms with Crippen LogP contribution in [0.5, 0.6) is 0 Å². The maximum atomic E-state index is 16.2. The summed E-state index contributed by atoms with van der Waals surface area (Å²) in [6.45, 7) is 0. The van der Waals surface area contributed by atoms with Crippen LogP contribution in [-0.2, 0) is 20.7 Å². The smallest absolute Gasteiger partial charge is 0.244 e. The van der Waals surface area contributed by atoms with Crippen LogP contribution >= 0.6 is 0 Å². The van der Waals surface area contributed by atoms with E-state index in [1.807, 2.05) is 163 Å². The molecule has 3 unspecified atom stereocenters. The quantitative estimate of drug-likeness (QED) is 0.162. The number of benzene rings is 6. The molecule has 1 saturated carbocycles. The Hall–Kier alpha value is -5.78. The van der Waals surface area contributed by atoms with Crippen LogP contribution in [0.15, 0.2) is 182 Å². The number of anilines is 2. The van der Waals surface area contributed by atoms with Crippen molar-refractivity contribution in [1.29, 1.82) is 0 Å². The van der Waals surface area contributed by atoms with Crippen molar-refractivity contribution in [3.8, 4) is 0 Å². The molecule has 0 bridgehead atoms. The van der Waals surface area contributed by atoms with Crippen molar-refractivity contribution < 1.29 is 14.7 Å². The number of fused-ring (bicyclic) bond motifs is 1. The zero-order valence-electron chi connectivity index (χ0n) is 27.6. The first-order valence-corrected chi connectivity index (χ1v) is 17.2. The van der Waals surface area contributed by atoms with E-state index < -0.39 is 34.3 Å². The Morgan fingerprint density at radius 1 is 0.600 bits per heavy atom. The second-order valence-corrected chi connectivity index (χ2v) is 13.3. The van der Waals surface area contributed by atoms with Crippen molar-refractivity contribution in [1.82, 2.24) is 0 Å². The molecule has 5 nitrogen and oxygen atoms in total. The first-order chi connectivity index (χ1) is 24.5. The summed E-state index contributed by atoms with van der Waals surface area (Å²) in [4.78, 5) is 33.7. The van der Waals surface area contributed by atoms with Crippen LogP contribution in [0.25, 0.3) is 0 Å². The lowest BCUT2D eigenvalue weighted by atomic mass is 9.58. The van der Waals surface area contributed by atoms with Crippen molar-refractivity contribution in [2.75, 3.05) is 10.2 Å². The Bertz CT molecular complexity index is 2010. The van der Waals surface area contributed by atoms with Crippen molar-refractivity contribution in [2.24, 2.45) is 17.3 Å². The van der Waals surface area contributed by atoms with Gasteiger partial charge >= 0.3 is 0 Å². The van der Waals surface area contributed by atoms with Gasteiger partial charge in [-0.15, -0.1) is 0 Å². The average Bonchev–Trinajstić information content (AvgIpc) is 3.70. The first-order valence-electron chi connectivity index (χ1n) is 17.2. The van der Waals surface area contributed by atoms with E-state index in [9.17, 15) is 5.11 Å². The third-order valence-electron chi connectivity index (χ3n) is 11.0. The molecular formula is C45H38N2O3. The van der Waals surface area contributed by atoms with E-state index in [1.54, 1.807) is 0 Å². The highest BCUT2D eigenvalue weighted by atomic mass is 16.3. The van der Waals surface area contributed by atoms with Crippen LogP contribution in [0, 0.1) is 17.3 Å². The number of aliphatic hydroxyl groups is 1. The predicted molar refractivity (Wildman–Crippen MR) is 197 cm³/mol. The average molecular weight is 655 g/mol. The lowest BCUT2D eigenvalue weighted by Crippen LogP contribution is -2.55. The van der Waals surface area contributed by atoms with Crippen molar-refractivity contribution in [3.05, 3.63) is 204 Å². The van der Waals surface area contributed by atoms with Gasteiger partial charge in [-0.2, -0.15) is 0 Å². The van der Waals surface area contributed by atoms with E-state index in [2.05, 4.69) is 29.6 Å². The summed E-state index contributed by atoms with van der Waals surface area (Å²) in [5, 5.41) is 16.7. The largest absolute Gasteiger partial charge is 0.380 e. The molecule has 1 aliphatic carbocycles. The number of amides is 2. The molecule has 246 valence electrons. The molecule has 1 aliphatic heterocycles. The molecule has 2 amide bonds. The summed E-state index contributed by atoms with van der Waals surface area (Å²) < 4.78 is 0. The highest BCUT2D eigenvalue weighted by molar-refractivity contribution is 6.20. The fourth-order valence-corrected chi connectivity index (χ4v) is 9.14. The molecule has 6 aromatic carbocycles. The summed E-state index contributed by atoms with van der Waals surface area (Å²) in [5.41, 5.74) is -0.108. The molecule has 5 heteroatoms. The van der Waals surface area contributed by atoms with Gasteiger partial charge in [-0.3, -0.25) is 14.5 Å². The summed E-state index contributed by atoms with van der Waals surface area (Å²) in [5.74, 6) is -2.15. The maximum Gasteiger partial charge on any atom is 0.244 e. The fraction of sp³-hybridized carbons (Fsp3) is 0.156. The predicted octanol–water partition coefficient (Wildman–Crippen LogP) is 8.56. The topological polar surface area (TPSA) is 69.6 Å². The van der Waals surface area contributed by atoms with E-state index >= 15 is 9.59 Å². The van der Waals surface area contributed by atoms with Crippen LogP contribution in [0.2, 0.25) is 0 Å². The number of hydrogen-bond donors (Lipinski definition) is 2. The van der Waals surface area contributed by atoms with E-state index in [-0.39, 0.29) is 5.91 Å². The SMILES string of the molecule is O=C(Nc1ccccc1)C12C(=O)N(c3ccccc3)C(c3ccccc3)(c3ccccc3)C1CCC2C(O)(c1ccccc1)c1ccccc1.